The molecule has 1 unspecified atom stereocenters. The van der Waals surface area contributed by atoms with Crippen molar-refractivity contribution in [3.05, 3.63) is 45.9 Å². The van der Waals surface area contributed by atoms with Crippen molar-refractivity contribution in [1.29, 1.82) is 0 Å². The van der Waals surface area contributed by atoms with Crippen LogP contribution in [0.3, 0.4) is 0 Å². The van der Waals surface area contributed by atoms with Crippen LogP contribution >= 0.6 is 11.3 Å². The van der Waals surface area contributed by atoms with Gasteiger partial charge < -0.3 is 10.6 Å². The Kier molecular flexibility index (Phi) is 2.74. The fraction of sp³-hybridized carbons (Fsp3) is 0.286. The number of nitrogens with two attached hydrogens (primary N) is 1. The maximum atomic E-state index is 14.0. The molecule has 1 aromatic heterocycles. The molecule has 0 spiro atoms. The quantitative estimate of drug-likeness (QED) is 0.796. The van der Waals surface area contributed by atoms with Crippen LogP contribution in [0.15, 0.2) is 29.6 Å². The Morgan fingerprint density at radius 2 is 2.22 bits per heavy atom. The molecule has 3 rings (SSSR count). The van der Waals surface area contributed by atoms with Crippen molar-refractivity contribution in [3.63, 3.8) is 0 Å². The minimum absolute atomic E-state index is 0.220. The smallest absolute Gasteiger partial charge is 0.148 e. The van der Waals surface area contributed by atoms with Crippen LogP contribution in [0.1, 0.15) is 23.4 Å². The van der Waals surface area contributed by atoms with Gasteiger partial charge in [-0.2, -0.15) is 0 Å². The Labute approximate surface area is 110 Å². The highest BCUT2D eigenvalue weighted by atomic mass is 32.1. The molecule has 4 heteroatoms. The van der Waals surface area contributed by atoms with Crippen LogP contribution in [0.4, 0.5) is 15.8 Å². The molecule has 1 aliphatic heterocycles. The summed E-state index contributed by atoms with van der Waals surface area (Å²) in [6.45, 7) is 2.98. The van der Waals surface area contributed by atoms with Gasteiger partial charge in [-0.25, -0.2) is 4.39 Å². The Balaban J connectivity index is 1.99. The van der Waals surface area contributed by atoms with Crippen molar-refractivity contribution in [2.75, 3.05) is 17.2 Å². The lowest BCUT2D eigenvalue weighted by Crippen LogP contribution is -2.33. The normalized spacial score (nSPS) is 18.8. The van der Waals surface area contributed by atoms with Gasteiger partial charge in [0.05, 0.1) is 11.7 Å². The van der Waals surface area contributed by atoms with Gasteiger partial charge in [0.1, 0.15) is 5.82 Å². The second-order valence-electron chi connectivity index (χ2n) is 4.63. The van der Waals surface area contributed by atoms with Crippen LogP contribution in [0, 0.1) is 5.82 Å². The first-order chi connectivity index (χ1) is 8.66. The zero-order valence-electron chi connectivity index (χ0n) is 10.2. The van der Waals surface area contributed by atoms with Crippen LogP contribution in [-0.2, 0) is 6.42 Å². The van der Waals surface area contributed by atoms with E-state index in [1.54, 1.807) is 23.5 Å². The van der Waals surface area contributed by atoms with E-state index < -0.39 is 0 Å². The molecule has 0 fully saturated rings. The highest BCUT2D eigenvalue weighted by Gasteiger charge is 2.26. The molecule has 2 heterocycles. The number of halogens is 1. The van der Waals surface area contributed by atoms with E-state index in [4.69, 9.17) is 5.73 Å². The van der Waals surface area contributed by atoms with Gasteiger partial charge in [0.25, 0.3) is 0 Å². The number of nitrogens with zero attached hydrogens (tertiary/aromatic N) is 1. The summed E-state index contributed by atoms with van der Waals surface area (Å²) in [5.41, 5.74) is 8.03. The first-order valence-electron chi connectivity index (χ1n) is 6.05. The summed E-state index contributed by atoms with van der Waals surface area (Å²) >= 11 is 1.79. The summed E-state index contributed by atoms with van der Waals surface area (Å²) in [6.07, 6.45) is 0.987. The number of hydrogen-bond acceptors (Lipinski definition) is 3. The molecule has 0 amide bonds. The number of benzene rings is 1. The van der Waals surface area contributed by atoms with E-state index in [1.165, 1.54) is 16.5 Å². The maximum absolute atomic E-state index is 14.0. The van der Waals surface area contributed by atoms with Crippen LogP contribution in [0.2, 0.25) is 0 Å². The molecule has 1 atom stereocenters. The summed E-state index contributed by atoms with van der Waals surface area (Å²) in [6, 6.07) is 7.29. The molecule has 0 saturated heterocycles. The zero-order valence-corrected chi connectivity index (χ0v) is 11.0. The Morgan fingerprint density at radius 3 is 3.00 bits per heavy atom. The average molecular weight is 262 g/mol. The van der Waals surface area contributed by atoms with Crippen LogP contribution in [-0.4, -0.2) is 6.54 Å². The second kappa shape index (κ2) is 4.28. The lowest BCUT2D eigenvalue weighted by atomic mass is 10.0. The highest BCUT2D eigenvalue weighted by molar-refractivity contribution is 7.10. The molecule has 0 radical (unpaired) electrons. The molecule has 2 aromatic rings. The summed E-state index contributed by atoms with van der Waals surface area (Å²) in [5.74, 6) is -0.236. The molecule has 0 aliphatic carbocycles. The van der Waals surface area contributed by atoms with Gasteiger partial charge in [-0.05, 0) is 48.6 Å². The van der Waals surface area contributed by atoms with E-state index in [1.807, 2.05) is 0 Å². The van der Waals surface area contributed by atoms with Gasteiger partial charge in [-0.3, -0.25) is 0 Å². The standard InChI is InChI=1S/C14H15FN2S/c1-9-11-5-7-18-14(11)4-6-17(9)13-3-2-10(16)8-12(13)15/h2-3,5,7-9H,4,6,16H2,1H3. The zero-order chi connectivity index (χ0) is 12.7. The van der Waals surface area contributed by atoms with Gasteiger partial charge in [-0.1, -0.05) is 0 Å². The first-order valence-corrected chi connectivity index (χ1v) is 6.92. The monoisotopic (exact) mass is 262 g/mol. The Hall–Kier alpha value is -1.55. The third-order valence-corrected chi connectivity index (χ3v) is 4.55. The SMILES string of the molecule is CC1c2ccsc2CCN1c1ccc(N)cc1F. The molecule has 0 saturated carbocycles. The number of thiophene rings is 1. The Morgan fingerprint density at radius 1 is 1.39 bits per heavy atom. The molecule has 1 aliphatic rings. The van der Waals surface area contributed by atoms with Crippen molar-refractivity contribution < 1.29 is 4.39 Å². The van der Waals surface area contributed by atoms with Crippen molar-refractivity contribution in [2.24, 2.45) is 0 Å². The molecule has 0 bridgehead atoms. The number of hydrogen-bond donors (Lipinski definition) is 1. The summed E-state index contributed by atoms with van der Waals surface area (Å²) in [7, 11) is 0. The van der Waals surface area contributed by atoms with Gasteiger partial charge in [-0.15, -0.1) is 11.3 Å². The van der Waals surface area contributed by atoms with Crippen LogP contribution in [0.5, 0.6) is 0 Å². The Bertz CT molecular complexity index is 579. The molecule has 2 nitrogen and oxygen atoms in total. The van der Waals surface area contributed by atoms with Gasteiger partial charge in [0.2, 0.25) is 0 Å². The van der Waals surface area contributed by atoms with Crippen molar-refractivity contribution in [1.82, 2.24) is 0 Å². The van der Waals surface area contributed by atoms with E-state index in [2.05, 4.69) is 23.3 Å². The largest absolute Gasteiger partial charge is 0.399 e. The van der Waals surface area contributed by atoms with E-state index in [-0.39, 0.29) is 11.9 Å². The van der Waals surface area contributed by atoms with Crippen molar-refractivity contribution in [3.8, 4) is 0 Å². The fourth-order valence-corrected chi connectivity index (χ4v) is 3.56. The van der Waals surface area contributed by atoms with Crippen molar-refractivity contribution >= 4 is 22.7 Å². The van der Waals surface area contributed by atoms with E-state index >= 15 is 0 Å². The van der Waals surface area contributed by atoms with E-state index in [0.717, 1.165) is 13.0 Å². The lowest BCUT2D eigenvalue weighted by Gasteiger charge is -2.35. The minimum Gasteiger partial charge on any atom is -0.399 e. The molecule has 2 N–H and O–H groups in total. The third kappa shape index (κ3) is 1.77. The number of nitrogen functional groups attached to an aromatic ring is 1. The molecular formula is C14H15FN2S. The predicted molar refractivity (Wildman–Crippen MR) is 74.6 cm³/mol. The predicted octanol–water partition coefficient (Wildman–Crippen LogP) is 3.59. The number of fused-ring (bicyclic) bond motifs is 1. The molecule has 18 heavy (non-hydrogen) atoms. The summed E-state index contributed by atoms with van der Waals surface area (Å²) < 4.78 is 14.0. The van der Waals surface area contributed by atoms with E-state index in [0.29, 0.717) is 11.4 Å². The average Bonchev–Trinajstić information content (AvgIpc) is 2.80. The maximum Gasteiger partial charge on any atom is 0.148 e. The first kappa shape index (κ1) is 11.5. The van der Waals surface area contributed by atoms with Gasteiger partial charge in [0, 0.05) is 17.1 Å². The minimum atomic E-state index is -0.236. The van der Waals surface area contributed by atoms with Crippen LogP contribution in [0.25, 0.3) is 0 Å². The second-order valence-corrected chi connectivity index (χ2v) is 5.63. The van der Waals surface area contributed by atoms with Crippen LogP contribution < -0.4 is 10.6 Å². The van der Waals surface area contributed by atoms with Gasteiger partial charge in [0.15, 0.2) is 0 Å². The van der Waals surface area contributed by atoms with Crippen molar-refractivity contribution in [2.45, 2.75) is 19.4 Å². The summed E-state index contributed by atoms with van der Waals surface area (Å²) in [5, 5.41) is 2.12. The molecule has 1 aromatic carbocycles. The third-order valence-electron chi connectivity index (χ3n) is 3.56. The van der Waals surface area contributed by atoms with E-state index in [9.17, 15) is 4.39 Å². The fourth-order valence-electron chi connectivity index (χ4n) is 2.59. The topological polar surface area (TPSA) is 29.3 Å². The van der Waals surface area contributed by atoms with Gasteiger partial charge >= 0.3 is 0 Å². The molecular weight excluding hydrogens is 247 g/mol. The lowest BCUT2D eigenvalue weighted by molar-refractivity contribution is 0.583. The molecule has 94 valence electrons. The highest BCUT2D eigenvalue weighted by Crippen LogP contribution is 2.37. The summed E-state index contributed by atoms with van der Waals surface area (Å²) in [4.78, 5) is 3.54. The number of anilines is 2. The number of rotatable bonds is 1.